The highest BCUT2D eigenvalue weighted by Gasteiger charge is 2.12. The Kier molecular flexibility index (Phi) is 4.47. The van der Waals surface area contributed by atoms with Crippen molar-refractivity contribution in [1.29, 1.82) is 0 Å². The molecule has 94 valence electrons. The molecule has 0 N–H and O–H groups in total. The van der Waals surface area contributed by atoms with Gasteiger partial charge in [0.25, 0.3) is 0 Å². The summed E-state index contributed by atoms with van der Waals surface area (Å²) in [5.41, 5.74) is 5.12. The highest BCUT2D eigenvalue weighted by molar-refractivity contribution is 9.09. The Balaban J connectivity index is 2.31. The summed E-state index contributed by atoms with van der Waals surface area (Å²) in [7, 11) is 0. The van der Waals surface area contributed by atoms with Crippen LogP contribution in [-0.2, 0) is 6.42 Å². The molecule has 2 heteroatoms. The Morgan fingerprint density at radius 1 is 1.11 bits per heavy atom. The maximum Gasteiger partial charge on any atom is 0.0647 e. The van der Waals surface area contributed by atoms with E-state index in [-0.39, 0.29) is 4.83 Å². The highest BCUT2D eigenvalue weighted by atomic mass is 79.9. The molecule has 0 saturated carbocycles. The average molecular weight is 324 g/mol. The molecule has 0 amide bonds. The van der Waals surface area contributed by atoms with Gasteiger partial charge in [0, 0.05) is 5.02 Å². The van der Waals surface area contributed by atoms with Gasteiger partial charge in [0.2, 0.25) is 0 Å². The van der Waals surface area contributed by atoms with E-state index in [4.69, 9.17) is 11.6 Å². The molecule has 0 spiro atoms. The topological polar surface area (TPSA) is 0 Å². The van der Waals surface area contributed by atoms with Crippen molar-refractivity contribution in [2.75, 3.05) is 0 Å². The summed E-state index contributed by atoms with van der Waals surface area (Å²) in [6.45, 7) is 4.26. The summed E-state index contributed by atoms with van der Waals surface area (Å²) in [5.74, 6) is 0. The van der Waals surface area contributed by atoms with Crippen LogP contribution >= 0.6 is 27.5 Å². The first-order chi connectivity index (χ1) is 8.61. The van der Waals surface area contributed by atoms with E-state index in [1.807, 2.05) is 12.1 Å². The number of rotatable bonds is 3. The number of aryl methyl sites for hydroxylation is 2. The van der Waals surface area contributed by atoms with E-state index in [1.165, 1.54) is 22.3 Å². The lowest BCUT2D eigenvalue weighted by Gasteiger charge is -2.14. The molecule has 0 aliphatic carbocycles. The molecule has 0 bridgehead atoms. The lowest BCUT2D eigenvalue weighted by Crippen LogP contribution is -1.96. The Bertz CT molecular complexity index is 531. The molecule has 1 atom stereocenters. The third kappa shape index (κ3) is 2.96. The Morgan fingerprint density at radius 2 is 1.78 bits per heavy atom. The predicted molar refractivity (Wildman–Crippen MR) is 82.8 cm³/mol. The van der Waals surface area contributed by atoms with Crippen LogP contribution in [0.25, 0.3) is 0 Å². The zero-order valence-electron chi connectivity index (χ0n) is 10.6. The number of alkyl halides is 1. The van der Waals surface area contributed by atoms with Gasteiger partial charge in [-0.15, -0.1) is 0 Å². The van der Waals surface area contributed by atoms with Crippen LogP contribution in [0.1, 0.15) is 34.0 Å². The molecule has 1 unspecified atom stereocenters. The molecule has 18 heavy (non-hydrogen) atoms. The number of halogens is 2. The molecule has 0 saturated heterocycles. The van der Waals surface area contributed by atoms with Gasteiger partial charge in [0.1, 0.15) is 0 Å². The maximum absolute atomic E-state index is 5.99. The van der Waals surface area contributed by atoms with Gasteiger partial charge in [-0.2, -0.15) is 0 Å². The first-order valence-corrected chi connectivity index (χ1v) is 7.40. The van der Waals surface area contributed by atoms with Crippen molar-refractivity contribution >= 4 is 27.5 Å². The second-order valence-corrected chi connectivity index (χ2v) is 5.81. The molecule has 0 heterocycles. The van der Waals surface area contributed by atoms with Gasteiger partial charge in [-0.25, -0.2) is 0 Å². The van der Waals surface area contributed by atoms with Crippen LogP contribution in [-0.4, -0.2) is 0 Å². The minimum absolute atomic E-state index is 0.223. The molecular weight excluding hydrogens is 308 g/mol. The van der Waals surface area contributed by atoms with Crippen molar-refractivity contribution in [3.63, 3.8) is 0 Å². The molecular formula is C16H16BrCl. The Hall–Kier alpha value is -0.790. The molecule has 2 aromatic carbocycles. The molecule has 0 aliphatic rings. The molecule has 0 fully saturated rings. The highest BCUT2D eigenvalue weighted by Crippen LogP contribution is 2.33. The average Bonchev–Trinajstić information content (AvgIpc) is 2.38. The first-order valence-electron chi connectivity index (χ1n) is 6.10. The van der Waals surface area contributed by atoms with Gasteiger partial charge in [0.05, 0.1) is 4.83 Å². The van der Waals surface area contributed by atoms with E-state index in [0.717, 1.165) is 11.4 Å². The maximum atomic E-state index is 5.99. The van der Waals surface area contributed by atoms with E-state index < -0.39 is 0 Å². The minimum atomic E-state index is 0.223. The fourth-order valence-corrected chi connectivity index (χ4v) is 3.07. The third-order valence-electron chi connectivity index (χ3n) is 3.19. The summed E-state index contributed by atoms with van der Waals surface area (Å²) in [6.07, 6.45) is 1.08. The fraction of sp³-hybridized carbons (Fsp3) is 0.250. The van der Waals surface area contributed by atoms with Crippen molar-refractivity contribution < 1.29 is 0 Å². The smallest absolute Gasteiger partial charge is 0.0647 e. The van der Waals surface area contributed by atoms with Crippen molar-refractivity contribution in [2.24, 2.45) is 0 Å². The monoisotopic (exact) mass is 322 g/mol. The van der Waals surface area contributed by atoms with E-state index in [2.05, 4.69) is 60.1 Å². The van der Waals surface area contributed by atoms with Crippen LogP contribution < -0.4 is 0 Å². The summed E-state index contributed by atoms with van der Waals surface area (Å²) < 4.78 is 0. The zero-order valence-corrected chi connectivity index (χ0v) is 12.9. The summed E-state index contributed by atoms with van der Waals surface area (Å²) in [4.78, 5) is 0.223. The lowest BCUT2D eigenvalue weighted by molar-refractivity contribution is 1.11. The van der Waals surface area contributed by atoms with Gasteiger partial charge in [-0.05, 0) is 47.7 Å². The molecule has 2 rings (SSSR count). The van der Waals surface area contributed by atoms with Crippen LogP contribution in [0, 0.1) is 6.92 Å². The van der Waals surface area contributed by atoms with Gasteiger partial charge in [-0.1, -0.05) is 64.8 Å². The summed E-state index contributed by atoms with van der Waals surface area (Å²) >= 11 is 9.76. The van der Waals surface area contributed by atoms with Gasteiger partial charge >= 0.3 is 0 Å². The second-order valence-electron chi connectivity index (χ2n) is 4.46. The normalized spacial score (nSPS) is 12.4. The largest absolute Gasteiger partial charge is 0.0843 e. The SMILES string of the molecule is CCc1ccc(C(Br)c2ccc(Cl)cc2C)cc1. The Labute approximate surface area is 122 Å². The molecule has 0 nitrogen and oxygen atoms in total. The van der Waals surface area contributed by atoms with Crippen LogP contribution in [0.5, 0.6) is 0 Å². The van der Waals surface area contributed by atoms with E-state index >= 15 is 0 Å². The minimum Gasteiger partial charge on any atom is -0.0843 e. The van der Waals surface area contributed by atoms with E-state index in [0.29, 0.717) is 0 Å². The van der Waals surface area contributed by atoms with Crippen molar-refractivity contribution in [1.82, 2.24) is 0 Å². The summed E-state index contributed by atoms with van der Waals surface area (Å²) in [6, 6.07) is 14.8. The number of hydrogen-bond acceptors (Lipinski definition) is 0. The molecule has 2 aromatic rings. The van der Waals surface area contributed by atoms with Crippen LogP contribution in [0.4, 0.5) is 0 Å². The van der Waals surface area contributed by atoms with Crippen molar-refractivity contribution in [3.8, 4) is 0 Å². The molecule has 0 aliphatic heterocycles. The van der Waals surface area contributed by atoms with Gasteiger partial charge < -0.3 is 0 Å². The van der Waals surface area contributed by atoms with Crippen molar-refractivity contribution in [2.45, 2.75) is 25.1 Å². The second kappa shape index (κ2) is 5.90. The number of hydrogen-bond donors (Lipinski definition) is 0. The van der Waals surface area contributed by atoms with Crippen LogP contribution in [0.2, 0.25) is 5.02 Å². The lowest BCUT2D eigenvalue weighted by atomic mass is 9.99. The molecule has 0 radical (unpaired) electrons. The van der Waals surface area contributed by atoms with Gasteiger partial charge in [-0.3, -0.25) is 0 Å². The first kappa shape index (κ1) is 13.6. The predicted octanol–water partition coefficient (Wildman–Crippen LogP) is 5.70. The van der Waals surface area contributed by atoms with Gasteiger partial charge in [0.15, 0.2) is 0 Å². The van der Waals surface area contributed by atoms with E-state index in [1.54, 1.807) is 0 Å². The molecule has 0 aromatic heterocycles. The number of benzene rings is 2. The zero-order chi connectivity index (χ0) is 13.1. The van der Waals surface area contributed by atoms with Crippen LogP contribution in [0.3, 0.4) is 0 Å². The third-order valence-corrected chi connectivity index (χ3v) is 4.44. The van der Waals surface area contributed by atoms with Crippen LogP contribution in [0.15, 0.2) is 42.5 Å². The Morgan fingerprint density at radius 3 is 2.33 bits per heavy atom. The summed E-state index contributed by atoms with van der Waals surface area (Å²) in [5, 5.41) is 0.789. The van der Waals surface area contributed by atoms with Crippen molar-refractivity contribution in [3.05, 3.63) is 69.7 Å². The standard InChI is InChI=1S/C16H16BrCl/c1-3-12-4-6-13(7-5-12)16(17)15-9-8-14(18)10-11(15)2/h4-10,16H,3H2,1-2H3. The quantitative estimate of drug-likeness (QED) is 0.636. The van der Waals surface area contributed by atoms with E-state index in [9.17, 15) is 0 Å². The fourth-order valence-electron chi connectivity index (χ4n) is 2.03.